The molecule has 0 bridgehead atoms. The fraction of sp³-hybridized carbons (Fsp3) is 0.500. The maximum Gasteiger partial charge on any atom is 0.243 e. The van der Waals surface area contributed by atoms with E-state index in [4.69, 9.17) is 0 Å². The topological polar surface area (TPSA) is 78.1 Å². The Kier molecular flexibility index (Phi) is 3.73. The molecule has 2 atom stereocenters. The molecule has 3 rings (SSSR count). The van der Waals surface area contributed by atoms with Crippen LogP contribution in [0.1, 0.15) is 13.8 Å². The zero-order valence-corrected chi connectivity index (χ0v) is 13.0. The summed E-state index contributed by atoms with van der Waals surface area (Å²) in [6.45, 7) is 6.81. The first-order valence-corrected chi connectivity index (χ1v) is 8.66. The molecule has 0 aromatic carbocycles. The number of aromatic nitrogens is 2. The van der Waals surface area contributed by atoms with E-state index in [0.717, 1.165) is 19.6 Å². The first kappa shape index (κ1) is 14.5. The third kappa shape index (κ3) is 2.68. The molecule has 0 amide bonds. The van der Waals surface area contributed by atoms with Gasteiger partial charge in [-0.25, -0.2) is 18.1 Å². The SMILES string of the molecule is CCN1C[C@@H](C)[C@@H](NS(=O)(=O)c2c[nH]c3ncccc23)C1. The second kappa shape index (κ2) is 5.40. The summed E-state index contributed by atoms with van der Waals surface area (Å²) in [5, 5.41) is 0.628. The lowest BCUT2D eigenvalue weighted by molar-refractivity contribution is 0.344. The molecule has 0 unspecified atom stereocenters. The third-order valence-electron chi connectivity index (χ3n) is 4.14. The average Bonchev–Trinajstić information content (AvgIpc) is 3.03. The van der Waals surface area contributed by atoms with E-state index in [1.54, 1.807) is 18.3 Å². The molecule has 0 saturated carbocycles. The Balaban J connectivity index is 1.88. The number of fused-ring (bicyclic) bond motifs is 1. The molecule has 1 fully saturated rings. The van der Waals surface area contributed by atoms with E-state index in [-0.39, 0.29) is 10.9 Å². The number of H-pyrrole nitrogens is 1. The van der Waals surface area contributed by atoms with Crippen LogP contribution in [0, 0.1) is 5.92 Å². The number of sulfonamides is 1. The van der Waals surface area contributed by atoms with Crippen LogP contribution in [0.15, 0.2) is 29.4 Å². The van der Waals surface area contributed by atoms with Crippen LogP contribution >= 0.6 is 0 Å². The lowest BCUT2D eigenvalue weighted by Gasteiger charge is -2.16. The van der Waals surface area contributed by atoms with Crippen LogP contribution in [0.2, 0.25) is 0 Å². The smallest absolute Gasteiger partial charge is 0.243 e. The van der Waals surface area contributed by atoms with Crippen molar-refractivity contribution in [3.8, 4) is 0 Å². The van der Waals surface area contributed by atoms with Crippen LogP contribution in [0.4, 0.5) is 0 Å². The summed E-state index contributed by atoms with van der Waals surface area (Å²) in [5.41, 5.74) is 0.590. The highest BCUT2D eigenvalue weighted by molar-refractivity contribution is 7.89. The fourth-order valence-electron chi connectivity index (χ4n) is 2.89. The van der Waals surface area contributed by atoms with E-state index in [9.17, 15) is 8.42 Å². The normalized spacial score (nSPS) is 23.9. The molecule has 2 aromatic rings. The van der Waals surface area contributed by atoms with Crippen molar-refractivity contribution in [2.75, 3.05) is 19.6 Å². The minimum Gasteiger partial charge on any atom is -0.345 e. The Hall–Kier alpha value is -1.44. The van der Waals surface area contributed by atoms with Gasteiger partial charge in [0.05, 0.1) is 0 Å². The second-order valence-electron chi connectivity index (χ2n) is 5.61. The number of nitrogens with zero attached hydrogens (tertiary/aromatic N) is 2. The van der Waals surface area contributed by atoms with Gasteiger partial charge in [0.2, 0.25) is 10.0 Å². The Morgan fingerprint density at radius 1 is 1.48 bits per heavy atom. The van der Waals surface area contributed by atoms with Gasteiger partial charge in [0.15, 0.2) is 0 Å². The van der Waals surface area contributed by atoms with Gasteiger partial charge >= 0.3 is 0 Å². The Morgan fingerprint density at radius 3 is 3.00 bits per heavy atom. The van der Waals surface area contributed by atoms with E-state index in [1.165, 1.54) is 6.20 Å². The van der Waals surface area contributed by atoms with Crippen molar-refractivity contribution in [1.29, 1.82) is 0 Å². The van der Waals surface area contributed by atoms with Gasteiger partial charge in [0.25, 0.3) is 0 Å². The number of likely N-dealkylation sites (tertiary alicyclic amines) is 1. The molecule has 0 aliphatic carbocycles. The van der Waals surface area contributed by atoms with Gasteiger partial charge in [-0.2, -0.15) is 0 Å². The van der Waals surface area contributed by atoms with E-state index in [1.807, 2.05) is 0 Å². The molecule has 7 heteroatoms. The van der Waals surface area contributed by atoms with E-state index in [2.05, 4.69) is 33.4 Å². The van der Waals surface area contributed by atoms with Crippen molar-refractivity contribution in [2.45, 2.75) is 24.8 Å². The van der Waals surface area contributed by atoms with Gasteiger partial charge in [-0.15, -0.1) is 0 Å². The van der Waals surface area contributed by atoms with Crippen molar-refractivity contribution in [3.05, 3.63) is 24.5 Å². The number of hydrogen-bond acceptors (Lipinski definition) is 4. The monoisotopic (exact) mass is 308 g/mol. The first-order valence-electron chi connectivity index (χ1n) is 7.18. The number of pyridine rings is 1. The van der Waals surface area contributed by atoms with Crippen molar-refractivity contribution in [1.82, 2.24) is 19.6 Å². The minimum atomic E-state index is -3.54. The molecule has 1 saturated heterocycles. The van der Waals surface area contributed by atoms with E-state index < -0.39 is 10.0 Å². The van der Waals surface area contributed by atoms with Gasteiger partial charge in [-0.05, 0) is 24.6 Å². The van der Waals surface area contributed by atoms with Gasteiger partial charge in [-0.3, -0.25) is 0 Å². The fourth-order valence-corrected chi connectivity index (χ4v) is 4.40. The quantitative estimate of drug-likeness (QED) is 0.889. The molecule has 0 radical (unpaired) electrons. The molecule has 1 aliphatic rings. The summed E-state index contributed by atoms with van der Waals surface area (Å²) in [6, 6.07) is 3.47. The number of aromatic amines is 1. The minimum absolute atomic E-state index is 0.0448. The van der Waals surface area contributed by atoms with Gasteiger partial charge in [-0.1, -0.05) is 13.8 Å². The van der Waals surface area contributed by atoms with Crippen LogP contribution in [-0.2, 0) is 10.0 Å². The number of hydrogen-bond donors (Lipinski definition) is 2. The Bertz CT molecular complexity index is 740. The number of nitrogens with one attached hydrogen (secondary N) is 2. The molecule has 6 nitrogen and oxygen atoms in total. The number of likely N-dealkylation sites (N-methyl/N-ethyl adjacent to an activating group) is 1. The van der Waals surface area contributed by atoms with Crippen molar-refractivity contribution in [2.24, 2.45) is 5.92 Å². The highest BCUT2D eigenvalue weighted by Gasteiger charge is 2.33. The lowest BCUT2D eigenvalue weighted by Crippen LogP contribution is -2.39. The highest BCUT2D eigenvalue weighted by atomic mass is 32.2. The molecule has 3 heterocycles. The maximum atomic E-state index is 12.6. The predicted octanol–water partition coefficient (Wildman–Crippen LogP) is 1.18. The Labute approximate surface area is 124 Å². The first-order chi connectivity index (χ1) is 10.0. The lowest BCUT2D eigenvalue weighted by atomic mass is 10.1. The van der Waals surface area contributed by atoms with E-state index in [0.29, 0.717) is 17.0 Å². The Morgan fingerprint density at radius 2 is 2.29 bits per heavy atom. The van der Waals surface area contributed by atoms with E-state index >= 15 is 0 Å². The molecule has 1 aliphatic heterocycles. The van der Waals surface area contributed by atoms with Crippen molar-refractivity contribution in [3.63, 3.8) is 0 Å². The second-order valence-corrected chi connectivity index (χ2v) is 7.29. The van der Waals surface area contributed by atoms with Crippen molar-refractivity contribution >= 4 is 21.1 Å². The summed E-state index contributed by atoms with van der Waals surface area (Å²) < 4.78 is 28.1. The molecule has 0 spiro atoms. The average molecular weight is 308 g/mol. The zero-order valence-electron chi connectivity index (χ0n) is 12.2. The largest absolute Gasteiger partial charge is 0.345 e. The maximum absolute atomic E-state index is 12.6. The van der Waals surface area contributed by atoms with Crippen LogP contribution in [0.25, 0.3) is 11.0 Å². The summed E-state index contributed by atoms with van der Waals surface area (Å²) in [7, 11) is -3.54. The molecule has 114 valence electrons. The predicted molar refractivity (Wildman–Crippen MR) is 81.5 cm³/mol. The van der Waals surface area contributed by atoms with Gasteiger partial charge < -0.3 is 9.88 Å². The van der Waals surface area contributed by atoms with Crippen LogP contribution in [0.5, 0.6) is 0 Å². The summed E-state index contributed by atoms with van der Waals surface area (Å²) in [6.07, 6.45) is 3.15. The summed E-state index contributed by atoms with van der Waals surface area (Å²) in [5.74, 6) is 0.308. The van der Waals surface area contributed by atoms with Crippen LogP contribution in [-0.4, -0.2) is 49.0 Å². The van der Waals surface area contributed by atoms with Gasteiger partial charge in [0, 0.05) is 36.9 Å². The molecular formula is C14H20N4O2S. The van der Waals surface area contributed by atoms with Crippen LogP contribution < -0.4 is 4.72 Å². The highest BCUT2D eigenvalue weighted by Crippen LogP contribution is 2.23. The molecular weight excluding hydrogens is 288 g/mol. The van der Waals surface area contributed by atoms with Crippen LogP contribution in [0.3, 0.4) is 0 Å². The summed E-state index contributed by atoms with van der Waals surface area (Å²) in [4.78, 5) is 9.57. The third-order valence-corrected chi connectivity index (χ3v) is 5.67. The molecule has 21 heavy (non-hydrogen) atoms. The number of rotatable bonds is 4. The molecule has 2 N–H and O–H groups in total. The standard InChI is InChI=1S/C14H20N4O2S/c1-3-18-8-10(2)12(9-18)17-21(19,20)13-7-16-14-11(13)5-4-6-15-14/h4-7,10,12,17H,3,8-9H2,1-2H3,(H,15,16)/t10-,12+/m1/s1. The van der Waals surface area contributed by atoms with Gasteiger partial charge in [0.1, 0.15) is 10.5 Å². The zero-order chi connectivity index (χ0) is 15.0. The van der Waals surface area contributed by atoms with Crippen molar-refractivity contribution < 1.29 is 8.42 Å². The molecule has 2 aromatic heterocycles. The summed E-state index contributed by atoms with van der Waals surface area (Å²) >= 11 is 0.